The standard InChI is InChI=1S/C23H25ClN2O6/c1-30-20-8-3-16(24)13-19(20)23(29)26-11-9-15(10-12-26)22(28)25-17-4-6-18(7-5-17)32-14-21(27)31-2/h3-8,13,15H,9-12,14H2,1-2H3,(H,25,28). The average molecular weight is 461 g/mol. The molecule has 0 saturated carbocycles. The van der Waals surface area contributed by atoms with Gasteiger partial charge >= 0.3 is 5.97 Å². The second-order valence-corrected chi connectivity index (χ2v) is 7.73. The van der Waals surface area contributed by atoms with Crippen LogP contribution in [0.3, 0.4) is 0 Å². The zero-order valence-electron chi connectivity index (χ0n) is 17.9. The summed E-state index contributed by atoms with van der Waals surface area (Å²) < 4.78 is 15.1. The molecule has 0 aliphatic carbocycles. The third-order valence-corrected chi connectivity index (χ3v) is 5.49. The summed E-state index contributed by atoms with van der Waals surface area (Å²) in [6.07, 6.45) is 1.11. The molecule has 32 heavy (non-hydrogen) atoms. The van der Waals surface area contributed by atoms with Crippen molar-refractivity contribution in [3.63, 3.8) is 0 Å². The number of carbonyl (C=O) groups is 3. The monoisotopic (exact) mass is 460 g/mol. The van der Waals surface area contributed by atoms with Crippen molar-refractivity contribution in [2.24, 2.45) is 5.92 Å². The van der Waals surface area contributed by atoms with Gasteiger partial charge in [0.15, 0.2) is 6.61 Å². The molecule has 1 fully saturated rings. The third-order valence-electron chi connectivity index (χ3n) is 5.25. The number of methoxy groups -OCH3 is 2. The molecular formula is C23H25ClN2O6. The summed E-state index contributed by atoms with van der Waals surface area (Å²) >= 11 is 6.04. The van der Waals surface area contributed by atoms with E-state index < -0.39 is 5.97 Å². The van der Waals surface area contributed by atoms with Gasteiger partial charge < -0.3 is 24.4 Å². The van der Waals surface area contributed by atoms with Crippen molar-refractivity contribution in [2.45, 2.75) is 12.8 Å². The number of likely N-dealkylation sites (tertiary alicyclic amines) is 1. The molecule has 0 atom stereocenters. The van der Waals surface area contributed by atoms with Crippen LogP contribution in [0.2, 0.25) is 5.02 Å². The average Bonchev–Trinajstić information content (AvgIpc) is 2.83. The predicted molar refractivity (Wildman–Crippen MR) is 119 cm³/mol. The summed E-state index contributed by atoms with van der Waals surface area (Å²) in [5.74, 6) is 0.0397. The normalized spacial score (nSPS) is 13.9. The Hall–Kier alpha value is -3.26. The zero-order chi connectivity index (χ0) is 23.1. The lowest BCUT2D eigenvalue weighted by atomic mass is 9.95. The Bertz CT molecular complexity index is 971. The summed E-state index contributed by atoms with van der Waals surface area (Å²) in [5, 5.41) is 3.35. The van der Waals surface area contributed by atoms with Gasteiger partial charge in [0, 0.05) is 29.7 Å². The van der Waals surface area contributed by atoms with Crippen molar-refractivity contribution in [2.75, 3.05) is 39.2 Å². The molecule has 0 unspecified atom stereocenters. The van der Waals surface area contributed by atoms with Gasteiger partial charge in [-0.1, -0.05) is 11.6 Å². The Labute approximate surface area is 191 Å². The summed E-state index contributed by atoms with van der Waals surface area (Å²) in [5.41, 5.74) is 1.04. The van der Waals surface area contributed by atoms with E-state index in [2.05, 4.69) is 10.1 Å². The van der Waals surface area contributed by atoms with Gasteiger partial charge in [-0.25, -0.2) is 4.79 Å². The Morgan fingerprint density at radius 2 is 1.75 bits per heavy atom. The van der Waals surface area contributed by atoms with Crippen molar-refractivity contribution >= 4 is 35.1 Å². The van der Waals surface area contributed by atoms with E-state index in [-0.39, 0.29) is 24.3 Å². The van der Waals surface area contributed by atoms with Gasteiger partial charge in [0.1, 0.15) is 11.5 Å². The lowest BCUT2D eigenvalue weighted by Crippen LogP contribution is -2.41. The Morgan fingerprint density at radius 1 is 1.06 bits per heavy atom. The first-order chi connectivity index (χ1) is 15.4. The van der Waals surface area contributed by atoms with Crippen LogP contribution in [0.25, 0.3) is 0 Å². The highest BCUT2D eigenvalue weighted by atomic mass is 35.5. The fraction of sp³-hybridized carbons (Fsp3) is 0.348. The van der Waals surface area contributed by atoms with Crippen molar-refractivity contribution in [1.29, 1.82) is 0 Å². The fourth-order valence-corrected chi connectivity index (χ4v) is 3.61. The maximum atomic E-state index is 12.9. The number of halogens is 1. The molecule has 3 rings (SSSR count). The molecule has 170 valence electrons. The highest BCUT2D eigenvalue weighted by Gasteiger charge is 2.29. The first-order valence-corrected chi connectivity index (χ1v) is 10.5. The number of rotatable bonds is 7. The molecule has 9 heteroatoms. The lowest BCUT2D eigenvalue weighted by molar-refractivity contribution is -0.142. The fourth-order valence-electron chi connectivity index (χ4n) is 3.44. The van der Waals surface area contributed by atoms with Crippen LogP contribution in [0.5, 0.6) is 11.5 Å². The second-order valence-electron chi connectivity index (χ2n) is 7.29. The Morgan fingerprint density at radius 3 is 2.38 bits per heavy atom. The van der Waals surface area contributed by atoms with E-state index >= 15 is 0 Å². The number of benzene rings is 2. The van der Waals surface area contributed by atoms with E-state index in [1.807, 2.05) is 0 Å². The maximum Gasteiger partial charge on any atom is 0.343 e. The van der Waals surface area contributed by atoms with Crippen molar-refractivity contribution in [1.82, 2.24) is 4.90 Å². The summed E-state index contributed by atoms with van der Waals surface area (Å²) in [7, 11) is 2.80. The highest BCUT2D eigenvalue weighted by Crippen LogP contribution is 2.27. The molecule has 2 amide bonds. The number of amides is 2. The summed E-state index contributed by atoms with van der Waals surface area (Å²) in [6.45, 7) is 0.750. The molecular weight excluding hydrogens is 436 g/mol. The topological polar surface area (TPSA) is 94.2 Å². The van der Waals surface area contributed by atoms with Gasteiger partial charge in [-0.15, -0.1) is 0 Å². The summed E-state index contributed by atoms with van der Waals surface area (Å²) in [4.78, 5) is 38.4. The molecule has 0 bridgehead atoms. The van der Waals surface area contributed by atoms with Crippen LogP contribution < -0.4 is 14.8 Å². The molecule has 1 aliphatic rings. The van der Waals surface area contributed by atoms with Gasteiger partial charge in [-0.2, -0.15) is 0 Å². The lowest BCUT2D eigenvalue weighted by Gasteiger charge is -2.31. The number of carbonyl (C=O) groups excluding carboxylic acids is 3. The molecule has 1 N–H and O–H groups in total. The largest absolute Gasteiger partial charge is 0.496 e. The predicted octanol–water partition coefficient (Wildman–Crippen LogP) is 3.39. The van der Waals surface area contributed by atoms with E-state index in [1.54, 1.807) is 47.4 Å². The third kappa shape index (κ3) is 5.91. The number of esters is 1. The molecule has 1 saturated heterocycles. The number of anilines is 1. The van der Waals surface area contributed by atoms with Crippen LogP contribution in [0.15, 0.2) is 42.5 Å². The van der Waals surface area contributed by atoms with E-state index in [9.17, 15) is 14.4 Å². The van der Waals surface area contributed by atoms with Crippen LogP contribution in [0.1, 0.15) is 23.2 Å². The first kappa shape index (κ1) is 23.4. The second kappa shape index (κ2) is 10.9. The van der Waals surface area contributed by atoms with Gasteiger partial charge in [-0.05, 0) is 55.3 Å². The SMILES string of the molecule is COC(=O)COc1ccc(NC(=O)C2CCN(C(=O)c3cc(Cl)ccc3OC)CC2)cc1. The minimum Gasteiger partial charge on any atom is -0.496 e. The van der Waals surface area contributed by atoms with E-state index in [4.69, 9.17) is 21.1 Å². The Balaban J connectivity index is 1.52. The molecule has 8 nitrogen and oxygen atoms in total. The maximum absolute atomic E-state index is 12.9. The molecule has 0 aromatic heterocycles. The minimum atomic E-state index is -0.471. The molecule has 2 aromatic carbocycles. The van der Waals surface area contributed by atoms with Gasteiger partial charge in [0.2, 0.25) is 5.91 Å². The Kier molecular flexibility index (Phi) is 7.94. The van der Waals surface area contributed by atoms with E-state index in [1.165, 1.54) is 14.2 Å². The number of nitrogens with one attached hydrogen (secondary N) is 1. The van der Waals surface area contributed by atoms with Crippen molar-refractivity contribution in [3.05, 3.63) is 53.1 Å². The van der Waals surface area contributed by atoms with Gasteiger partial charge in [-0.3, -0.25) is 9.59 Å². The minimum absolute atomic E-state index is 0.0966. The van der Waals surface area contributed by atoms with Crippen LogP contribution >= 0.6 is 11.6 Å². The molecule has 1 aliphatic heterocycles. The van der Waals surface area contributed by atoms with Crippen molar-refractivity contribution in [3.8, 4) is 11.5 Å². The first-order valence-electron chi connectivity index (χ1n) is 10.1. The molecule has 1 heterocycles. The molecule has 0 spiro atoms. The van der Waals surface area contributed by atoms with Crippen LogP contribution in [0.4, 0.5) is 5.69 Å². The van der Waals surface area contributed by atoms with Gasteiger partial charge in [0.25, 0.3) is 5.91 Å². The summed E-state index contributed by atoms with van der Waals surface area (Å²) in [6, 6.07) is 11.7. The number of ether oxygens (including phenoxy) is 3. The van der Waals surface area contributed by atoms with E-state index in [0.29, 0.717) is 53.7 Å². The van der Waals surface area contributed by atoms with E-state index in [0.717, 1.165) is 0 Å². The smallest absolute Gasteiger partial charge is 0.343 e. The van der Waals surface area contributed by atoms with Crippen LogP contribution in [0, 0.1) is 5.92 Å². The number of piperidine rings is 1. The molecule has 0 radical (unpaired) electrons. The number of hydrogen-bond acceptors (Lipinski definition) is 6. The van der Waals surface area contributed by atoms with Crippen LogP contribution in [-0.2, 0) is 14.3 Å². The van der Waals surface area contributed by atoms with Crippen LogP contribution in [-0.4, -0.2) is 56.6 Å². The highest BCUT2D eigenvalue weighted by molar-refractivity contribution is 6.31. The number of hydrogen-bond donors (Lipinski definition) is 1. The zero-order valence-corrected chi connectivity index (χ0v) is 18.7. The quantitative estimate of drug-likeness (QED) is 0.636. The van der Waals surface area contributed by atoms with Gasteiger partial charge in [0.05, 0.1) is 19.8 Å². The number of nitrogens with zero attached hydrogens (tertiary/aromatic N) is 1. The molecule has 2 aromatic rings. The van der Waals surface area contributed by atoms with Crippen molar-refractivity contribution < 1.29 is 28.6 Å².